The van der Waals surface area contributed by atoms with Crippen LogP contribution in [0.25, 0.3) is 274 Å². The van der Waals surface area contributed by atoms with Gasteiger partial charge in [-0.3, -0.25) is 0 Å². The van der Waals surface area contributed by atoms with Crippen LogP contribution < -0.4 is 0 Å². The molecule has 0 atom stereocenters. The molecule has 0 bridgehead atoms. The number of hydrogen-bond acceptors (Lipinski definition) is 2. The summed E-state index contributed by atoms with van der Waals surface area (Å²) < 4.78 is 13.2. The van der Waals surface area contributed by atoms with Crippen molar-refractivity contribution in [2.45, 2.75) is 0 Å². The molecule has 2 heterocycles. The Bertz CT molecular complexity index is 9500. The summed E-state index contributed by atoms with van der Waals surface area (Å²) in [6, 6.07) is 185. The number of benzene rings is 26. The smallest absolute Gasteiger partial charge is 0.136 e. The minimum atomic E-state index is 0.891. The van der Waals surface area contributed by atoms with Crippen LogP contribution in [0.5, 0.6) is 0 Å². The lowest BCUT2D eigenvalue weighted by Gasteiger charge is -2.21. The molecular weight excluding hydrogens is 1640 g/mol. The van der Waals surface area contributed by atoms with E-state index in [9.17, 15) is 0 Å². The molecule has 0 saturated heterocycles. The second-order valence-corrected chi connectivity index (χ2v) is 35.6. The highest BCUT2D eigenvalue weighted by Crippen LogP contribution is 2.55. The van der Waals surface area contributed by atoms with Crippen LogP contribution >= 0.6 is 0 Å². The van der Waals surface area contributed by atoms with Gasteiger partial charge in [0.2, 0.25) is 0 Å². The molecule has 28 rings (SSSR count). The zero-order valence-corrected chi connectivity index (χ0v) is 74.3. The molecule has 2 aromatic heterocycles. The average molecular weight is 1730 g/mol. The number of rotatable bonds is 10. The van der Waals surface area contributed by atoms with Crippen molar-refractivity contribution in [3.63, 3.8) is 0 Å². The first-order chi connectivity index (χ1) is 67.5. The third-order valence-electron chi connectivity index (χ3n) is 28.1. The fourth-order valence-electron chi connectivity index (χ4n) is 22.3. The van der Waals surface area contributed by atoms with Gasteiger partial charge in [-0.25, -0.2) is 0 Å². The van der Waals surface area contributed by atoms with E-state index in [4.69, 9.17) is 8.83 Å². The molecule has 632 valence electrons. The Labute approximate surface area is 786 Å². The summed E-state index contributed by atoms with van der Waals surface area (Å²) in [5, 5.41) is 32.1. The van der Waals surface area contributed by atoms with Crippen molar-refractivity contribution in [1.29, 1.82) is 0 Å². The molecule has 0 aliphatic carbocycles. The predicted octanol–water partition coefficient (Wildman–Crippen LogP) is 38.2. The molecule has 0 aliphatic heterocycles. The van der Waals surface area contributed by atoms with E-state index in [0.29, 0.717) is 0 Å². The van der Waals surface area contributed by atoms with E-state index < -0.39 is 0 Å². The maximum absolute atomic E-state index is 6.74. The van der Waals surface area contributed by atoms with E-state index in [0.717, 1.165) is 55.0 Å². The summed E-state index contributed by atoms with van der Waals surface area (Å²) >= 11 is 0. The van der Waals surface area contributed by atoms with Crippen LogP contribution in [-0.2, 0) is 0 Å². The standard InChI is InChI=1S/C56H34O.C40H26.C38H24O/c1-3-19-38-35(16-1)18-15-30-40(38)37-33-51(56-49-29-13-14-31-52(49)57-53(56)34-37)55-47-27-11-9-25-45(47)54(46-26-10-12-28-48(46)55)44-24-8-7-23-43(44)50-32-36-17-2-4-20-39(36)41-21-5-6-22-42(41)50;1-2-13-28(14-3-1)31-24-25-38(33-17-7-6-16-32(31)33)40-36-20-10-8-18-34(36)39(35-19-9-11-21-37(35)40)30-23-22-27-12-4-5-15-29(27)26-30;1-3-13-25(14-4-1)27-23-33(38-32-21-11-12-22-34(32)39-35(38)24-27)37-30-19-9-7-17-28(30)36(26-15-5-2-6-16-26)29-18-8-10-20-31(29)37/h1-34H;1-26H;1-24H. The summed E-state index contributed by atoms with van der Waals surface area (Å²) in [4.78, 5) is 0. The third-order valence-corrected chi connectivity index (χ3v) is 28.1. The van der Waals surface area contributed by atoms with E-state index in [1.54, 1.807) is 0 Å². The van der Waals surface area contributed by atoms with Crippen LogP contribution in [0.2, 0.25) is 0 Å². The van der Waals surface area contributed by atoms with Gasteiger partial charge in [0.25, 0.3) is 0 Å². The van der Waals surface area contributed by atoms with Crippen LogP contribution in [-0.4, -0.2) is 0 Å². The van der Waals surface area contributed by atoms with Crippen molar-refractivity contribution in [2.24, 2.45) is 0 Å². The molecule has 2 heteroatoms. The van der Waals surface area contributed by atoms with Crippen molar-refractivity contribution in [1.82, 2.24) is 0 Å². The summed E-state index contributed by atoms with van der Waals surface area (Å²) in [5.41, 5.74) is 28.2. The van der Waals surface area contributed by atoms with Crippen LogP contribution in [0.4, 0.5) is 0 Å². The Morgan fingerprint density at radius 2 is 0.419 bits per heavy atom. The Hall–Kier alpha value is -17.8. The first-order valence-corrected chi connectivity index (χ1v) is 46.9. The number of furan rings is 2. The Balaban J connectivity index is 0.000000109. The van der Waals surface area contributed by atoms with Gasteiger partial charge >= 0.3 is 0 Å². The van der Waals surface area contributed by atoms with Gasteiger partial charge in [0.05, 0.1) is 0 Å². The zero-order valence-electron chi connectivity index (χ0n) is 74.3. The molecule has 0 unspecified atom stereocenters. The Morgan fingerprint density at radius 1 is 0.103 bits per heavy atom. The third kappa shape index (κ3) is 13.3. The highest BCUT2D eigenvalue weighted by Gasteiger charge is 2.28. The topological polar surface area (TPSA) is 26.3 Å². The van der Waals surface area contributed by atoms with E-state index in [2.05, 4.69) is 504 Å². The molecule has 136 heavy (non-hydrogen) atoms. The second-order valence-electron chi connectivity index (χ2n) is 35.6. The van der Waals surface area contributed by atoms with Gasteiger partial charge in [-0.1, -0.05) is 461 Å². The van der Waals surface area contributed by atoms with Crippen molar-refractivity contribution < 1.29 is 8.83 Å². The molecule has 0 fully saturated rings. The van der Waals surface area contributed by atoms with Crippen LogP contribution in [0.3, 0.4) is 0 Å². The van der Waals surface area contributed by atoms with Crippen molar-refractivity contribution >= 4 is 162 Å². The minimum Gasteiger partial charge on any atom is -0.456 e. The Kier molecular flexibility index (Phi) is 19.3. The quantitative estimate of drug-likeness (QED) is 0.101. The first-order valence-electron chi connectivity index (χ1n) is 46.9. The maximum atomic E-state index is 6.74. The molecule has 28 aromatic rings. The van der Waals surface area contributed by atoms with Crippen molar-refractivity contribution in [3.8, 4) is 111 Å². The summed E-state index contributed by atoms with van der Waals surface area (Å²) in [6.07, 6.45) is 0. The predicted molar refractivity (Wildman–Crippen MR) is 581 cm³/mol. The van der Waals surface area contributed by atoms with Gasteiger partial charge in [-0.05, 0) is 278 Å². The highest BCUT2D eigenvalue weighted by molar-refractivity contribution is 6.31. The molecule has 0 amide bonds. The van der Waals surface area contributed by atoms with Crippen LogP contribution in [0, 0.1) is 0 Å². The van der Waals surface area contributed by atoms with Gasteiger partial charge in [0.1, 0.15) is 22.3 Å². The van der Waals surface area contributed by atoms with Gasteiger partial charge in [0, 0.05) is 21.5 Å². The highest BCUT2D eigenvalue weighted by atomic mass is 16.3. The van der Waals surface area contributed by atoms with Gasteiger partial charge in [0.15, 0.2) is 0 Å². The van der Waals surface area contributed by atoms with Gasteiger partial charge in [-0.2, -0.15) is 0 Å². The van der Waals surface area contributed by atoms with Gasteiger partial charge < -0.3 is 8.83 Å². The normalized spacial score (nSPS) is 11.7. The SMILES string of the molecule is c1ccc(-c2cc(-c3c4ccccc4c(-c4ccccc4)c4ccccc34)c3c(c2)oc2ccccc23)cc1.c1ccc(-c2cc3ccccc3c3ccccc23)c(-c2c3ccccc3c(-c3cc(-c4cccc5ccccc45)cc4oc5ccccc5c34)c3ccccc23)c1.c1ccc(-c2ccc(-c3c4ccccc4c(-c4ccc5ccccc5c4)c4ccccc34)c3ccccc23)cc1. The largest absolute Gasteiger partial charge is 0.456 e. The number of para-hydroxylation sites is 2. The van der Waals surface area contributed by atoms with E-state index >= 15 is 0 Å². The first kappa shape index (κ1) is 79.2. The molecule has 0 N–H and O–H groups in total. The lowest BCUT2D eigenvalue weighted by molar-refractivity contribution is 0.669. The number of fused-ring (bicyclic) bond motifs is 18. The fourth-order valence-corrected chi connectivity index (χ4v) is 22.3. The molecule has 0 aliphatic rings. The van der Waals surface area contributed by atoms with E-state index in [-0.39, 0.29) is 0 Å². The fraction of sp³-hybridized carbons (Fsp3) is 0. The summed E-state index contributed by atoms with van der Waals surface area (Å²) in [6.45, 7) is 0. The van der Waals surface area contributed by atoms with Crippen molar-refractivity contribution in [3.05, 3.63) is 510 Å². The summed E-state index contributed by atoms with van der Waals surface area (Å²) in [5.74, 6) is 0. The van der Waals surface area contributed by atoms with Crippen LogP contribution in [0.1, 0.15) is 0 Å². The Morgan fingerprint density at radius 3 is 0.934 bits per heavy atom. The minimum absolute atomic E-state index is 0.891. The van der Waals surface area contributed by atoms with Gasteiger partial charge in [-0.15, -0.1) is 0 Å². The molecule has 26 aromatic carbocycles. The number of hydrogen-bond donors (Lipinski definition) is 0. The summed E-state index contributed by atoms with van der Waals surface area (Å²) in [7, 11) is 0. The lowest BCUT2D eigenvalue weighted by Crippen LogP contribution is -1.94. The lowest BCUT2D eigenvalue weighted by atomic mass is 9.82. The second kappa shape index (κ2) is 33.2. The molecule has 0 saturated carbocycles. The van der Waals surface area contributed by atoms with E-state index in [1.807, 2.05) is 6.07 Å². The monoisotopic (exact) mass is 1720 g/mol. The molecule has 2 nitrogen and oxygen atoms in total. The zero-order chi connectivity index (χ0) is 89.7. The van der Waals surface area contributed by atoms with Crippen LogP contribution in [0.15, 0.2) is 518 Å². The molecule has 0 radical (unpaired) electrons. The van der Waals surface area contributed by atoms with E-state index in [1.165, 1.54) is 219 Å². The average Bonchev–Trinajstić information content (AvgIpc) is 1.22. The molecule has 0 spiro atoms. The molecular formula is C134H84O2. The maximum Gasteiger partial charge on any atom is 0.136 e. The van der Waals surface area contributed by atoms with Crippen molar-refractivity contribution in [2.75, 3.05) is 0 Å².